The SMILES string of the molecule is O=C(c1ccc(-c2ccccc2)cc1)[C@H]1[C@H]2C(=O)N(c3ccccc3)C(=O)[C@@H]2[C@H]2C=CC=NN21. The van der Waals surface area contributed by atoms with E-state index in [9.17, 15) is 14.4 Å². The summed E-state index contributed by atoms with van der Waals surface area (Å²) >= 11 is 0. The van der Waals surface area contributed by atoms with Crippen molar-refractivity contribution in [3.63, 3.8) is 0 Å². The van der Waals surface area contributed by atoms with Gasteiger partial charge in [-0.25, -0.2) is 4.90 Å². The molecule has 2 amide bonds. The van der Waals surface area contributed by atoms with Gasteiger partial charge in [0.25, 0.3) is 0 Å². The van der Waals surface area contributed by atoms with Crippen molar-refractivity contribution in [2.75, 3.05) is 4.90 Å². The molecule has 3 aromatic carbocycles. The standard InChI is InChI=1S/C28H21N3O3/c32-26(20-15-13-19(14-16-20)18-8-3-1-4-9-18)25-24-23(22-12-7-17-29-31(22)25)27(33)30(28(24)34)21-10-5-2-6-11-21/h1-17,22-25H/t22-,23-,24+,25-/m1/s1. The summed E-state index contributed by atoms with van der Waals surface area (Å²) < 4.78 is 0. The fourth-order valence-corrected chi connectivity index (χ4v) is 5.30. The van der Waals surface area contributed by atoms with Crippen LogP contribution in [0.1, 0.15) is 10.4 Å². The average Bonchev–Trinajstić information content (AvgIpc) is 3.37. The second kappa shape index (κ2) is 7.92. The number of carbonyl (C=O) groups excluding carboxylic acids is 3. The highest BCUT2D eigenvalue weighted by Gasteiger charge is 2.64. The molecule has 3 aliphatic heterocycles. The van der Waals surface area contributed by atoms with E-state index in [0.717, 1.165) is 11.1 Å². The maximum Gasteiger partial charge on any atom is 0.240 e. The second-order valence-corrected chi connectivity index (χ2v) is 8.67. The van der Waals surface area contributed by atoms with Crippen LogP contribution >= 0.6 is 0 Å². The smallest absolute Gasteiger partial charge is 0.240 e. The number of benzene rings is 3. The Balaban J connectivity index is 1.37. The topological polar surface area (TPSA) is 70.0 Å². The number of Topliss-reactive ketones (excluding diaryl/α,β-unsaturated/α-hetero) is 1. The molecule has 6 heteroatoms. The summed E-state index contributed by atoms with van der Waals surface area (Å²) in [4.78, 5) is 42.0. The predicted octanol–water partition coefficient (Wildman–Crippen LogP) is 3.95. The van der Waals surface area contributed by atoms with Crippen LogP contribution in [0, 0.1) is 11.8 Å². The van der Waals surface area contributed by atoms with Crippen molar-refractivity contribution in [3.05, 3.63) is 103 Å². The van der Waals surface area contributed by atoms with E-state index in [1.54, 1.807) is 53.7 Å². The van der Waals surface area contributed by atoms with Crippen LogP contribution in [-0.4, -0.2) is 40.9 Å². The van der Waals surface area contributed by atoms with Gasteiger partial charge in [0.05, 0.1) is 23.6 Å². The first-order valence-corrected chi connectivity index (χ1v) is 11.3. The molecule has 0 saturated carbocycles. The van der Waals surface area contributed by atoms with Crippen molar-refractivity contribution in [1.82, 2.24) is 5.01 Å². The van der Waals surface area contributed by atoms with Crippen LogP contribution < -0.4 is 4.90 Å². The Labute approximate surface area is 196 Å². The minimum Gasteiger partial charge on any atom is -0.292 e. The van der Waals surface area contributed by atoms with Gasteiger partial charge in [-0.15, -0.1) is 0 Å². The maximum absolute atomic E-state index is 13.8. The van der Waals surface area contributed by atoms with Gasteiger partial charge >= 0.3 is 0 Å². The number of amides is 2. The highest BCUT2D eigenvalue weighted by molar-refractivity contribution is 6.24. The van der Waals surface area contributed by atoms with Crippen LogP contribution in [0.4, 0.5) is 5.69 Å². The molecule has 4 atom stereocenters. The molecule has 2 fully saturated rings. The lowest BCUT2D eigenvalue weighted by Gasteiger charge is -2.30. The maximum atomic E-state index is 13.8. The van der Waals surface area contributed by atoms with Crippen molar-refractivity contribution < 1.29 is 14.4 Å². The molecule has 0 unspecified atom stereocenters. The molecule has 0 aliphatic carbocycles. The molecule has 3 aliphatic rings. The number of hydrazone groups is 1. The van der Waals surface area contributed by atoms with Gasteiger partial charge in [-0.05, 0) is 29.3 Å². The van der Waals surface area contributed by atoms with E-state index in [1.165, 1.54) is 4.90 Å². The van der Waals surface area contributed by atoms with E-state index in [-0.39, 0.29) is 17.6 Å². The Kier molecular flexibility index (Phi) is 4.73. The van der Waals surface area contributed by atoms with Crippen LogP contribution in [-0.2, 0) is 9.59 Å². The molecule has 166 valence electrons. The van der Waals surface area contributed by atoms with E-state index in [1.807, 2.05) is 54.6 Å². The minimum atomic E-state index is -0.844. The number of para-hydroxylation sites is 1. The third-order valence-electron chi connectivity index (χ3n) is 6.85. The van der Waals surface area contributed by atoms with Crippen LogP contribution in [0.15, 0.2) is 102 Å². The van der Waals surface area contributed by atoms with Gasteiger partial charge in [-0.3, -0.25) is 19.4 Å². The normalized spacial score (nSPS) is 24.9. The highest BCUT2D eigenvalue weighted by Crippen LogP contribution is 2.46. The molecule has 0 spiro atoms. The first kappa shape index (κ1) is 20.3. The second-order valence-electron chi connectivity index (χ2n) is 8.67. The molecular weight excluding hydrogens is 426 g/mol. The number of hydrogen-bond donors (Lipinski definition) is 0. The Hall–Kier alpha value is -4.32. The largest absolute Gasteiger partial charge is 0.292 e. The number of ketones is 1. The quantitative estimate of drug-likeness (QED) is 0.449. The van der Waals surface area contributed by atoms with Gasteiger partial charge in [0.2, 0.25) is 11.8 Å². The zero-order chi connectivity index (χ0) is 23.2. The number of hydrogen-bond acceptors (Lipinski definition) is 5. The number of rotatable bonds is 4. The Morgan fingerprint density at radius 2 is 1.35 bits per heavy atom. The molecule has 6 nitrogen and oxygen atoms in total. The van der Waals surface area contributed by atoms with Crippen molar-refractivity contribution >= 4 is 29.5 Å². The van der Waals surface area contributed by atoms with E-state index in [4.69, 9.17) is 0 Å². The molecule has 6 rings (SSSR count). The molecule has 0 bridgehead atoms. The number of nitrogens with zero attached hydrogens (tertiary/aromatic N) is 3. The van der Waals surface area contributed by atoms with Crippen molar-refractivity contribution in [2.45, 2.75) is 12.1 Å². The fourth-order valence-electron chi connectivity index (χ4n) is 5.30. The Bertz CT molecular complexity index is 1330. The molecule has 3 aromatic rings. The van der Waals surface area contributed by atoms with Gasteiger partial charge < -0.3 is 0 Å². The van der Waals surface area contributed by atoms with E-state index in [0.29, 0.717) is 11.3 Å². The first-order chi connectivity index (χ1) is 16.6. The van der Waals surface area contributed by atoms with Crippen molar-refractivity contribution in [1.29, 1.82) is 0 Å². The van der Waals surface area contributed by atoms with Crippen LogP contribution in [0.3, 0.4) is 0 Å². The van der Waals surface area contributed by atoms with Crippen LogP contribution in [0.5, 0.6) is 0 Å². The minimum absolute atomic E-state index is 0.208. The van der Waals surface area contributed by atoms with Gasteiger partial charge in [0.15, 0.2) is 5.78 Å². The molecule has 0 aromatic heterocycles. The van der Waals surface area contributed by atoms with Gasteiger partial charge in [0.1, 0.15) is 6.04 Å². The number of anilines is 1. The molecule has 3 heterocycles. The molecule has 0 N–H and O–H groups in total. The Morgan fingerprint density at radius 3 is 2.06 bits per heavy atom. The third kappa shape index (κ3) is 3.03. The van der Waals surface area contributed by atoms with E-state index in [2.05, 4.69) is 5.10 Å². The predicted molar refractivity (Wildman–Crippen MR) is 129 cm³/mol. The van der Waals surface area contributed by atoms with E-state index >= 15 is 0 Å². The van der Waals surface area contributed by atoms with Gasteiger partial charge in [0, 0.05) is 11.8 Å². The van der Waals surface area contributed by atoms with Gasteiger partial charge in [-0.2, -0.15) is 5.10 Å². The summed E-state index contributed by atoms with van der Waals surface area (Å²) in [5, 5.41) is 6.05. The zero-order valence-corrected chi connectivity index (χ0v) is 18.2. The highest BCUT2D eigenvalue weighted by atomic mass is 16.2. The number of fused-ring (bicyclic) bond motifs is 3. The number of allylic oxidation sites excluding steroid dienone is 1. The van der Waals surface area contributed by atoms with Crippen LogP contribution in [0.25, 0.3) is 11.1 Å². The molecule has 2 saturated heterocycles. The average molecular weight is 447 g/mol. The lowest BCUT2D eigenvalue weighted by atomic mass is 9.86. The lowest BCUT2D eigenvalue weighted by Crippen LogP contribution is -2.46. The van der Waals surface area contributed by atoms with E-state index < -0.39 is 23.9 Å². The lowest BCUT2D eigenvalue weighted by molar-refractivity contribution is -0.123. The van der Waals surface area contributed by atoms with Gasteiger partial charge in [-0.1, -0.05) is 78.9 Å². The summed E-state index contributed by atoms with van der Waals surface area (Å²) in [5.74, 6) is -2.29. The summed E-state index contributed by atoms with van der Waals surface area (Å²) in [6, 6.07) is 24.9. The van der Waals surface area contributed by atoms with Crippen molar-refractivity contribution in [3.8, 4) is 11.1 Å². The summed E-state index contributed by atoms with van der Waals surface area (Å²) in [5.41, 5.74) is 3.08. The first-order valence-electron chi connectivity index (χ1n) is 11.3. The monoisotopic (exact) mass is 447 g/mol. The number of imide groups is 1. The third-order valence-corrected chi connectivity index (χ3v) is 6.85. The molecular formula is C28H21N3O3. The van der Waals surface area contributed by atoms with Crippen molar-refractivity contribution in [2.24, 2.45) is 16.9 Å². The summed E-state index contributed by atoms with van der Waals surface area (Å²) in [6.45, 7) is 0. The molecule has 34 heavy (non-hydrogen) atoms. The number of carbonyl (C=O) groups is 3. The summed E-state index contributed by atoms with van der Waals surface area (Å²) in [6.07, 6.45) is 5.22. The molecule has 0 radical (unpaired) electrons. The fraction of sp³-hybridized carbons (Fsp3) is 0.143. The Morgan fingerprint density at radius 1 is 0.735 bits per heavy atom. The summed E-state index contributed by atoms with van der Waals surface area (Å²) in [7, 11) is 0. The zero-order valence-electron chi connectivity index (χ0n) is 18.2. The van der Waals surface area contributed by atoms with Crippen LogP contribution in [0.2, 0.25) is 0 Å².